The molecule has 2 aromatic heterocycles. The Balaban J connectivity index is 1.65. The lowest BCUT2D eigenvalue weighted by Gasteiger charge is -2.31. The van der Waals surface area contributed by atoms with Gasteiger partial charge in [0, 0.05) is 48.4 Å². The van der Waals surface area contributed by atoms with Crippen LogP contribution in [0.2, 0.25) is 0 Å². The van der Waals surface area contributed by atoms with Crippen LogP contribution >= 0.6 is 0 Å². The number of carboxylic acid groups (broad SMARTS) is 1. The summed E-state index contributed by atoms with van der Waals surface area (Å²) in [6, 6.07) is 15.0. The molecule has 0 spiro atoms. The Hall–Kier alpha value is -3.91. The zero-order chi connectivity index (χ0) is 22.5. The summed E-state index contributed by atoms with van der Waals surface area (Å²) in [6.45, 7) is 0.148. The third kappa shape index (κ3) is 4.70. The zero-order valence-corrected chi connectivity index (χ0v) is 17.4. The van der Waals surface area contributed by atoms with Gasteiger partial charge in [0.05, 0.1) is 12.4 Å². The summed E-state index contributed by atoms with van der Waals surface area (Å²) in [5.41, 5.74) is 9.53. The zero-order valence-electron chi connectivity index (χ0n) is 17.4. The van der Waals surface area contributed by atoms with E-state index in [1.54, 1.807) is 12.4 Å². The molecule has 4 aromatic rings. The smallest absolute Gasteiger partial charge is 0.326 e. The van der Waals surface area contributed by atoms with Gasteiger partial charge in [-0.2, -0.15) is 0 Å². The van der Waals surface area contributed by atoms with E-state index < -0.39 is 24.0 Å². The van der Waals surface area contributed by atoms with Crippen LogP contribution in [0.25, 0.3) is 10.9 Å². The number of nitrogens with two attached hydrogens (primary N) is 1. The van der Waals surface area contributed by atoms with Crippen molar-refractivity contribution in [3.8, 4) is 0 Å². The number of nitrogens with one attached hydrogen (secondary N) is 2. The number of H-pyrrole nitrogens is 2. The van der Waals surface area contributed by atoms with E-state index in [1.165, 1.54) is 11.2 Å². The van der Waals surface area contributed by atoms with Crippen molar-refractivity contribution in [1.29, 1.82) is 0 Å². The number of aliphatic carboxylic acids is 1. The van der Waals surface area contributed by atoms with Crippen LogP contribution in [0.5, 0.6) is 0 Å². The highest BCUT2D eigenvalue weighted by Gasteiger charge is 2.33. The lowest BCUT2D eigenvalue weighted by atomic mass is 10.0. The first-order valence-electron chi connectivity index (χ1n) is 10.4. The van der Waals surface area contributed by atoms with Crippen LogP contribution in [0, 0.1) is 0 Å². The van der Waals surface area contributed by atoms with Gasteiger partial charge in [0.2, 0.25) is 5.91 Å². The maximum Gasteiger partial charge on any atom is 0.326 e. The molecule has 0 unspecified atom stereocenters. The number of para-hydroxylation sites is 1. The lowest BCUT2D eigenvalue weighted by molar-refractivity contribution is -0.151. The minimum absolute atomic E-state index is 0.148. The highest BCUT2D eigenvalue weighted by Crippen LogP contribution is 2.22. The number of nitrogens with zero attached hydrogens (tertiary/aromatic N) is 2. The first-order valence-corrected chi connectivity index (χ1v) is 10.4. The van der Waals surface area contributed by atoms with E-state index in [0.29, 0.717) is 5.69 Å². The molecule has 0 fully saturated rings. The number of benzene rings is 2. The van der Waals surface area contributed by atoms with Gasteiger partial charge in [0.15, 0.2) is 0 Å². The Labute approximate surface area is 185 Å². The third-order valence-electron chi connectivity index (χ3n) is 5.54. The number of hydrogen-bond donors (Lipinski definition) is 4. The van der Waals surface area contributed by atoms with Crippen molar-refractivity contribution in [3.05, 3.63) is 90.1 Å². The Morgan fingerprint density at radius 2 is 1.78 bits per heavy atom. The Kier molecular flexibility index (Phi) is 6.32. The number of hydrogen-bond acceptors (Lipinski definition) is 4. The molecule has 8 heteroatoms. The van der Waals surface area contributed by atoms with Crippen molar-refractivity contribution in [1.82, 2.24) is 19.9 Å². The average Bonchev–Trinajstić information content (AvgIpc) is 3.46. The second-order valence-electron chi connectivity index (χ2n) is 7.76. The second-order valence-corrected chi connectivity index (χ2v) is 7.76. The molecule has 32 heavy (non-hydrogen) atoms. The van der Waals surface area contributed by atoms with Gasteiger partial charge in [0.25, 0.3) is 0 Å². The van der Waals surface area contributed by atoms with Crippen LogP contribution in [0.4, 0.5) is 0 Å². The van der Waals surface area contributed by atoms with Gasteiger partial charge in [-0.1, -0.05) is 48.5 Å². The molecule has 2 heterocycles. The van der Waals surface area contributed by atoms with Gasteiger partial charge >= 0.3 is 5.97 Å². The number of carbonyl (C=O) groups is 2. The summed E-state index contributed by atoms with van der Waals surface area (Å²) in [4.78, 5) is 37.2. The topological polar surface area (TPSA) is 128 Å². The fourth-order valence-electron chi connectivity index (χ4n) is 3.89. The monoisotopic (exact) mass is 431 g/mol. The molecule has 0 bridgehead atoms. The van der Waals surface area contributed by atoms with Crippen LogP contribution in [0.15, 0.2) is 73.3 Å². The molecule has 0 aliphatic heterocycles. The van der Waals surface area contributed by atoms with Gasteiger partial charge < -0.3 is 25.7 Å². The number of carbonyl (C=O) groups excluding carboxylic acids is 1. The molecule has 164 valence electrons. The summed E-state index contributed by atoms with van der Waals surface area (Å²) in [6.07, 6.45) is 5.33. The van der Waals surface area contributed by atoms with E-state index >= 15 is 0 Å². The van der Waals surface area contributed by atoms with E-state index in [4.69, 9.17) is 5.73 Å². The normalized spacial score (nSPS) is 13.0. The molecule has 0 radical (unpaired) electrons. The van der Waals surface area contributed by atoms with Gasteiger partial charge in [-0.15, -0.1) is 0 Å². The summed E-state index contributed by atoms with van der Waals surface area (Å²) in [5.74, 6) is -1.50. The van der Waals surface area contributed by atoms with Gasteiger partial charge in [-0.25, -0.2) is 9.78 Å². The molecule has 0 saturated heterocycles. The van der Waals surface area contributed by atoms with E-state index in [-0.39, 0.29) is 19.4 Å². The number of fused-ring (bicyclic) bond motifs is 1. The summed E-state index contributed by atoms with van der Waals surface area (Å²) < 4.78 is 0. The van der Waals surface area contributed by atoms with Crippen molar-refractivity contribution in [2.45, 2.75) is 31.5 Å². The largest absolute Gasteiger partial charge is 0.480 e. The summed E-state index contributed by atoms with van der Waals surface area (Å²) in [7, 11) is 0. The molecular weight excluding hydrogens is 406 g/mol. The molecule has 0 aliphatic rings. The highest BCUT2D eigenvalue weighted by atomic mass is 16.4. The predicted molar refractivity (Wildman–Crippen MR) is 121 cm³/mol. The van der Waals surface area contributed by atoms with Crippen LogP contribution < -0.4 is 5.73 Å². The van der Waals surface area contributed by atoms with Crippen LogP contribution in [0.3, 0.4) is 0 Å². The quantitative estimate of drug-likeness (QED) is 0.324. The van der Waals surface area contributed by atoms with Crippen molar-refractivity contribution in [2.75, 3.05) is 0 Å². The van der Waals surface area contributed by atoms with E-state index in [9.17, 15) is 14.7 Å². The second kappa shape index (κ2) is 9.49. The molecule has 1 amide bonds. The number of aromatic amines is 2. The molecule has 8 nitrogen and oxygen atoms in total. The molecule has 4 rings (SSSR count). The first kappa shape index (κ1) is 21.3. The summed E-state index contributed by atoms with van der Waals surface area (Å²) >= 11 is 0. The minimum Gasteiger partial charge on any atom is -0.480 e. The SMILES string of the molecule is N[C@@H](Cc1cnc[nH]1)C(=O)N(Cc1ccccc1)[C@@H](Cc1c[nH]c2ccccc12)C(=O)O. The highest BCUT2D eigenvalue weighted by molar-refractivity contribution is 5.88. The number of carboxylic acids is 1. The number of imidazole rings is 1. The van der Waals surface area contributed by atoms with Crippen molar-refractivity contribution >= 4 is 22.8 Å². The predicted octanol–water partition coefficient (Wildman–Crippen LogP) is 2.49. The number of aromatic nitrogens is 3. The lowest BCUT2D eigenvalue weighted by Crippen LogP contribution is -2.52. The fourth-order valence-corrected chi connectivity index (χ4v) is 3.89. The van der Waals surface area contributed by atoms with Gasteiger partial charge in [-0.05, 0) is 17.2 Å². The van der Waals surface area contributed by atoms with Crippen LogP contribution in [0.1, 0.15) is 16.8 Å². The maximum atomic E-state index is 13.4. The van der Waals surface area contributed by atoms with Crippen LogP contribution in [-0.2, 0) is 29.0 Å². The third-order valence-corrected chi connectivity index (χ3v) is 5.54. The molecule has 2 aromatic carbocycles. The standard InChI is InChI=1S/C24H25N5O3/c25-20(11-18-13-26-15-28-18)23(30)29(14-16-6-2-1-3-7-16)22(24(31)32)10-17-12-27-21-9-5-4-8-19(17)21/h1-9,12-13,15,20,22,27H,10-11,14,25H2,(H,26,28)(H,31,32)/t20-,22-/m0/s1. The molecule has 0 saturated carbocycles. The molecule has 0 aliphatic carbocycles. The Bertz CT molecular complexity index is 1190. The van der Waals surface area contributed by atoms with Crippen molar-refractivity contribution < 1.29 is 14.7 Å². The molecular formula is C24H25N5O3. The van der Waals surface area contributed by atoms with Crippen LogP contribution in [-0.4, -0.2) is 48.9 Å². The fraction of sp³-hybridized carbons (Fsp3) is 0.208. The number of amides is 1. The van der Waals surface area contributed by atoms with E-state index in [1.807, 2.05) is 54.6 Å². The first-order chi connectivity index (χ1) is 15.5. The van der Waals surface area contributed by atoms with E-state index in [2.05, 4.69) is 15.0 Å². The van der Waals surface area contributed by atoms with Gasteiger partial charge in [0.1, 0.15) is 6.04 Å². The number of rotatable bonds is 9. The van der Waals surface area contributed by atoms with Crippen molar-refractivity contribution in [3.63, 3.8) is 0 Å². The van der Waals surface area contributed by atoms with Gasteiger partial charge in [-0.3, -0.25) is 4.79 Å². The Morgan fingerprint density at radius 3 is 2.50 bits per heavy atom. The average molecular weight is 431 g/mol. The minimum atomic E-state index is -1.08. The van der Waals surface area contributed by atoms with E-state index in [0.717, 1.165) is 22.0 Å². The molecule has 5 N–H and O–H groups in total. The maximum absolute atomic E-state index is 13.4. The van der Waals surface area contributed by atoms with Crippen molar-refractivity contribution in [2.24, 2.45) is 5.73 Å². The Morgan fingerprint density at radius 1 is 1.03 bits per heavy atom. The summed E-state index contributed by atoms with van der Waals surface area (Å²) in [5, 5.41) is 11.1. The molecule has 2 atom stereocenters.